The average molecular weight is 294 g/mol. The second-order valence-electron chi connectivity index (χ2n) is 4.90. The highest BCUT2D eigenvalue weighted by Crippen LogP contribution is 2.28. The van der Waals surface area contributed by atoms with Gasteiger partial charge >= 0.3 is 5.69 Å². The highest BCUT2D eigenvalue weighted by atomic mass is 16.6. The topological polar surface area (TPSA) is 87.5 Å². The summed E-state index contributed by atoms with van der Waals surface area (Å²) in [4.78, 5) is 24.8. The number of nitrogens with zero attached hydrogens (tertiary/aromatic N) is 2. The Morgan fingerprint density at radius 3 is 2.67 bits per heavy atom. The Morgan fingerprint density at radius 2 is 2.10 bits per heavy atom. The second kappa shape index (κ2) is 8.21. The van der Waals surface area contributed by atoms with Gasteiger partial charge in [0, 0.05) is 13.1 Å². The molecule has 0 aliphatic heterocycles. The zero-order chi connectivity index (χ0) is 15.8. The lowest BCUT2D eigenvalue weighted by Crippen LogP contribution is -2.27. The molecule has 0 heterocycles. The van der Waals surface area contributed by atoms with Gasteiger partial charge in [0.2, 0.25) is 0 Å². The summed E-state index contributed by atoms with van der Waals surface area (Å²) >= 11 is 0. The third kappa shape index (κ3) is 5.03. The molecule has 1 rings (SSSR count). The Morgan fingerprint density at radius 1 is 1.38 bits per heavy atom. The third-order valence-corrected chi connectivity index (χ3v) is 2.90. The van der Waals surface area contributed by atoms with Crippen LogP contribution in [0.3, 0.4) is 0 Å². The first-order valence-electron chi connectivity index (χ1n) is 6.91. The molecule has 116 valence electrons. The van der Waals surface area contributed by atoms with E-state index in [4.69, 9.17) is 0 Å². The first-order chi connectivity index (χ1) is 9.97. The number of nitrogens with one attached hydrogen (secondary N) is 2. The van der Waals surface area contributed by atoms with E-state index < -0.39 is 10.8 Å². The van der Waals surface area contributed by atoms with Gasteiger partial charge in [-0.2, -0.15) is 0 Å². The molecule has 0 saturated carbocycles. The number of carbonyl (C=O) groups excluding carboxylic acids is 1. The fourth-order valence-corrected chi connectivity index (χ4v) is 1.95. The molecule has 1 aromatic rings. The highest BCUT2D eigenvalue weighted by Gasteiger charge is 2.23. The third-order valence-electron chi connectivity index (χ3n) is 2.90. The highest BCUT2D eigenvalue weighted by molar-refractivity contribution is 6.00. The maximum absolute atomic E-state index is 12.1. The first kappa shape index (κ1) is 16.9. The van der Waals surface area contributed by atoms with Gasteiger partial charge in [0.15, 0.2) is 0 Å². The summed E-state index contributed by atoms with van der Waals surface area (Å²) in [5.41, 5.74) is 0.274. The molecule has 0 atom stereocenters. The van der Waals surface area contributed by atoms with Crippen molar-refractivity contribution in [2.24, 2.45) is 0 Å². The summed E-state index contributed by atoms with van der Waals surface area (Å²) < 4.78 is 0. The van der Waals surface area contributed by atoms with E-state index in [1.807, 2.05) is 25.9 Å². The number of carbonyl (C=O) groups is 1. The van der Waals surface area contributed by atoms with Crippen LogP contribution in [0.15, 0.2) is 18.2 Å². The van der Waals surface area contributed by atoms with Gasteiger partial charge in [-0.1, -0.05) is 6.07 Å². The molecule has 1 aromatic carbocycles. The molecule has 0 saturated heterocycles. The second-order valence-corrected chi connectivity index (χ2v) is 4.90. The number of nitro groups is 1. The van der Waals surface area contributed by atoms with E-state index in [-0.39, 0.29) is 11.3 Å². The van der Waals surface area contributed by atoms with E-state index in [2.05, 4.69) is 10.6 Å². The first-order valence-corrected chi connectivity index (χ1v) is 6.91. The SMILES string of the molecule is CCNc1cccc(C(=O)NCCCN(C)C)c1[N+](=O)[O-]. The zero-order valence-corrected chi connectivity index (χ0v) is 12.7. The van der Waals surface area contributed by atoms with Crippen LogP contribution in [0.5, 0.6) is 0 Å². The van der Waals surface area contributed by atoms with E-state index in [0.717, 1.165) is 13.0 Å². The summed E-state index contributed by atoms with van der Waals surface area (Å²) in [5, 5.41) is 16.8. The van der Waals surface area contributed by atoms with Crippen molar-refractivity contribution >= 4 is 17.3 Å². The van der Waals surface area contributed by atoms with E-state index in [1.165, 1.54) is 6.07 Å². The van der Waals surface area contributed by atoms with Crippen LogP contribution in [0.25, 0.3) is 0 Å². The lowest BCUT2D eigenvalue weighted by atomic mass is 10.1. The number of hydrogen-bond donors (Lipinski definition) is 2. The van der Waals surface area contributed by atoms with Gasteiger partial charge in [-0.3, -0.25) is 14.9 Å². The molecule has 0 unspecified atom stereocenters. The largest absolute Gasteiger partial charge is 0.380 e. The number of rotatable bonds is 8. The van der Waals surface area contributed by atoms with Crippen LogP contribution in [0.2, 0.25) is 0 Å². The maximum Gasteiger partial charge on any atom is 0.305 e. The van der Waals surface area contributed by atoms with Crippen molar-refractivity contribution < 1.29 is 9.72 Å². The predicted octanol–water partition coefficient (Wildman–Crippen LogP) is 1.71. The fourth-order valence-electron chi connectivity index (χ4n) is 1.95. The zero-order valence-electron chi connectivity index (χ0n) is 12.7. The Kier molecular flexibility index (Phi) is 6.61. The predicted molar refractivity (Wildman–Crippen MR) is 82.8 cm³/mol. The fraction of sp³-hybridized carbons (Fsp3) is 0.500. The van der Waals surface area contributed by atoms with Crippen LogP contribution in [-0.4, -0.2) is 49.5 Å². The number of amides is 1. The Bertz CT molecular complexity index is 503. The number of nitro benzene ring substituents is 1. The normalized spacial score (nSPS) is 10.5. The quantitative estimate of drug-likeness (QED) is 0.433. The monoisotopic (exact) mass is 294 g/mol. The lowest BCUT2D eigenvalue weighted by molar-refractivity contribution is -0.384. The number of anilines is 1. The van der Waals surface area contributed by atoms with Gasteiger partial charge in [-0.05, 0) is 46.1 Å². The molecule has 0 spiro atoms. The molecule has 0 bridgehead atoms. The smallest absolute Gasteiger partial charge is 0.305 e. The Labute approximate surface area is 124 Å². The molecule has 1 amide bonds. The minimum absolute atomic E-state index is 0.0864. The van der Waals surface area contributed by atoms with Crippen LogP contribution in [0, 0.1) is 10.1 Å². The molecule has 0 aromatic heterocycles. The van der Waals surface area contributed by atoms with E-state index in [1.54, 1.807) is 12.1 Å². The average Bonchev–Trinajstić information content (AvgIpc) is 2.43. The van der Waals surface area contributed by atoms with Crippen molar-refractivity contribution in [3.05, 3.63) is 33.9 Å². The van der Waals surface area contributed by atoms with Crippen molar-refractivity contribution in [2.45, 2.75) is 13.3 Å². The molecule has 0 aliphatic carbocycles. The van der Waals surface area contributed by atoms with E-state index in [9.17, 15) is 14.9 Å². The van der Waals surface area contributed by atoms with Gasteiger partial charge in [-0.25, -0.2) is 0 Å². The van der Waals surface area contributed by atoms with E-state index in [0.29, 0.717) is 18.8 Å². The number of benzene rings is 1. The molecule has 2 N–H and O–H groups in total. The number of para-hydroxylation sites is 1. The minimum atomic E-state index is -0.521. The molecular formula is C14H22N4O3. The van der Waals surface area contributed by atoms with Crippen molar-refractivity contribution in [3.63, 3.8) is 0 Å². The molecule has 21 heavy (non-hydrogen) atoms. The van der Waals surface area contributed by atoms with Crippen LogP contribution < -0.4 is 10.6 Å². The molecule has 7 heteroatoms. The van der Waals surface area contributed by atoms with Gasteiger partial charge in [-0.15, -0.1) is 0 Å². The van der Waals surface area contributed by atoms with Crippen molar-refractivity contribution in [2.75, 3.05) is 39.0 Å². The van der Waals surface area contributed by atoms with Gasteiger partial charge in [0.25, 0.3) is 5.91 Å². The molecule has 0 aliphatic rings. The summed E-state index contributed by atoms with van der Waals surface area (Å²) in [6, 6.07) is 4.71. The van der Waals surface area contributed by atoms with Crippen LogP contribution in [0.1, 0.15) is 23.7 Å². The molecule has 0 fully saturated rings. The molecule has 0 radical (unpaired) electrons. The molecular weight excluding hydrogens is 272 g/mol. The Hall–Kier alpha value is -2.15. The minimum Gasteiger partial charge on any atom is -0.380 e. The Balaban J connectivity index is 2.83. The van der Waals surface area contributed by atoms with Crippen LogP contribution in [-0.2, 0) is 0 Å². The van der Waals surface area contributed by atoms with Crippen LogP contribution >= 0.6 is 0 Å². The van der Waals surface area contributed by atoms with Crippen molar-refractivity contribution in [1.82, 2.24) is 10.2 Å². The summed E-state index contributed by atoms with van der Waals surface area (Å²) in [6.45, 7) is 3.73. The standard InChI is InChI=1S/C14H22N4O3/c1-4-15-12-8-5-7-11(13(12)18(20)21)14(19)16-9-6-10-17(2)3/h5,7-8,15H,4,6,9-10H2,1-3H3,(H,16,19). The lowest BCUT2D eigenvalue weighted by Gasteiger charge is -2.11. The van der Waals surface area contributed by atoms with Crippen molar-refractivity contribution in [3.8, 4) is 0 Å². The van der Waals surface area contributed by atoms with Gasteiger partial charge < -0.3 is 15.5 Å². The van der Waals surface area contributed by atoms with E-state index >= 15 is 0 Å². The summed E-state index contributed by atoms with van der Waals surface area (Å²) in [6.07, 6.45) is 0.791. The maximum atomic E-state index is 12.1. The van der Waals surface area contributed by atoms with Crippen LogP contribution in [0.4, 0.5) is 11.4 Å². The van der Waals surface area contributed by atoms with Gasteiger partial charge in [0.05, 0.1) is 4.92 Å². The number of hydrogen-bond acceptors (Lipinski definition) is 5. The van der Waals surface area contributed by atoms with Crippen molar-refractivity contribution in [1.29, 1.82) is 0 Å². The summed E-state index contributed by atoms with van der Waals surface area (Å²) in [5.74, 6) is -0.416. The van der Waals surface area contributed by atoms with Gasteiger partial charge in [0.1, 0.15) is 11.3 Å². The molecule has 7 nitrogen and oxygen atoms in total. The summed E-state index contributed by atoms with van der Waals surface area (Å²) in [7, 11) is 3.90.